The number of H-pyrrole nitrogens is 1. The molecule has 0 aliphatic carbocycles. The Balaban J connectivity index is 1.74. The van der Waals surface area contributed by atoms with Crippen molar-refractivity contribution in [2.75, 3.05) is 25.1 Å². The maximum atomic E-state index is 13.0. The summed E-state index contributed by atoms with van der Waals surface area (Å²) < 4.78 is 5.64. The van der Waals surface area contributed by atoms with Gasteiger partial charge in [0.15, 0.2) is 5.43 Å². The highest BCUT2D eigenvalue weighted by atomic mass is 16.5. The molecule has 1 fully saturated rings. The van der Waals surface area contributed by atoms with E-state index in [1.54, 1.807) is 13.2 Å². The molecule has 0 bridgehead atoms. The van der Waals surface area contributed by atoms with Crippen LogP contribution in [0.25, 0.3) is 33.1 Å². The van der Waals surface area contributed by atoms with Gasteiger partial charge in [0, 0.05) is 49.3 Å². The molecule has 1 saturated heterocycles. The fourth-order valence-corrected chi connectivity index (χ4v) is 4.49. The number of amides is 1. The molecule has 8 nitrogen and oxygen atoms in total. The van der Waals surface area contributed by atoms with Gasteiger partial charge >= 0.3 is 0 Å². The highest BCUT2D eigenvalue weighted by Crippen LogP contribution is 2.35. The van der Waals surface area contributed by atoms with E-state index in [0.29, 0.717) is 23.7 Å². The number of aromatic nitrogens is 3. The second-order valence-electron chi connectivity index (χ2n) is 8.20. The molecule has 162 valence electrons. The number of hydrogen-bond acceptors (Lipinski definition) is 6. The summed E-state index contributed by atoms with van der Waals surface area (Å²) >= 11 is 0. The van der Waals surface area contributed by atoms with Gasteiger partial charge in [-0.25, -0.2) is 4.98 Å². The van der Waals surface area contributed by atoms with E-state index < -0.39 is 5.91 Å². The number of pyridine rings is 3. The molecule has 2 atom stereocenters. The predicted molar refractivity (Wildman–Crippen MR) is 124 cm³/mol. The summed E-state index contributed by atoms with van der Waals surface area (Å²) in [5, 5.41) is 1.16. The number of primary amides is 1. The third kappa shape index (κ3) is 3.29. The Hall–Kier alpha value is -3.78. The largest absolute Gasteiger partial charge is 0.379 e. The fraction of sp³-hybridized carbons (Fsp3) is 0.250. The first-order chi connectivity index (χ1) is 15.5. The first-order valence-corrected chi connectivity index (χ1v) is 10.5. The molecule has 1 aliphatic heterocycles. The van der Waals surface area contributed by atoms with Crippen LogP contribution in [0, 0.1) is 5.92 Å². The molecule has 1 aromatic carbocycles. The minimum absolute atomic E-state index is 0.0385. The highest BCUT2D eigenvalue weighted by Gasteiger charge is 2.32. The normalized spacial score (nSPS) is 18.5. The van der Waals surface area contributed by atoms with E-state index >= 15 is 0 Å². The molecule has 1 unspecified atom stereocenters. The summed E-state index contributed by atoms with van der Waals surface area (Å²) in [4.78, 5) is 39.2. The Kier molecular flexibility index (Phi) is 4.86. The Morgan fingerprint density at radius 3 is 2.78 bits per heavy atom. The van der Waals surface area contributed by atoms with Crippen LogP contribution in [0.5, 0.6) is 0 Å². The van der Waals surface area contributed by atoms with Gasteiger partial charge in [0.1, 0.15) is 11.5 Å². The zero-order valence-electron chi connectivity index (χ0n) is 17.8. The number of carbonyl (C=O) groups is 1. The number of nitrogens with zero attached hydrogens (tertiary/aromatic N) is 3. The van der Waals surface area contributed by atoms with E-state index in [-0.39, 0.29) is 22.6 Å². The van der Waals surface area contributed by atoms with Crippen molar-refractivity contribution >= 4 is 33.5 Å². The van der Waals surface area contributed by atoms with Crippen LogP contribution in [0.2, 0.25) is 0 Å². The second kappa shape index (κ2) is 7.72. The third-order valence-electron chi connectivity index (χ3n) is 6.12. The summed E-state index contributed by atoms with van der Waals surface area (Å²) in [5.41, 5.74) is 7.87. The summed E-state index contributed by atoms with van der Waals surface area (Å²) in [6, 6.07) is 13.1. The van der Waals surface area contributed by atoms with Crippen LogP contribution in [-0.2, 0) is 4.74 Å². The molecule has 0 spiro atoms. The topological polar surface area (TPSA) is 114 Å². The van der Waals surface area contributed by atoms with E-state index in [1.165, 1.54) is 12.3 Å². The van der Waals surface area contributed by atoms with Crippen molar-refractivity contribution in [1.82, 2.24) is 15.0 Å². The molecule has 8 heteroatoms. The number of methoxy groups -OCH3 is 1. The number of anilines is 1. The average Bonchev–Trinajstić information content (AvgIpc) is 3.18. The molecule has 4 heterocycles. The number of rotatable bonds is 4. The quantitative estimate of drug-likeness (QED) is 0.516. The molecule has 1 amide bonds. The molecule has 3 aromatic heterocycles. The van der Waals surface area contributed by atoms with Crippen LogP contribution in [-0.4, -0.2) is 47.2 Å². The summed E-state index contributed by atoms with van der Waals surface area (Å²) in [6.07, 6.45) is 1.57. The number of benzene rings is 1. The maximum Gasteiger partial charge on any atom is 0.268 e. The maximum absolute atomic E-state index is 13.0. The van der Waals surface area contributed by atoms with Gasteiger partial charge in [0.05, 0.1) is 28.2 Å². The molecule has 32 heavy (non-hydrogen) atoms. The number of aromatic amines is 1. The predicted octanol–water partition coefficient (Wildman–Crippen LogP) is 2.71. The number of nitrogens with one attached hydrogen (secondary N) is 1. The van der Waals surface area contributed by atoms with E-state index in [9.17, 15) is 9.59 Å². The zero-order chi connectivity index (χ0) is 22.4. The smallest absolute Gasteiger partial charge is 0.268 e. The van der Waals surface area contributed by atoms with Crippen LogP contribution in [0.15, 0.2) is 53.5 Å². The minimum atomic E-state index is -0.737. The Morgan fingerprint density at radius 2 is 2.03 bits per heavy atom. The lowest BCUT2D eigenvalue weighted by Gasteiger charge is -2.22. The molecular weight excluding hydrogens is 406 g/mol. The van der Waals surface area contributed by atoms with Crippen molar-refractivity contribution in [3.63, 3.8) is 0 Å². The molecule has 4 aromatic rings. The second-order valence-corrected chi connectivity index (χ2v) is 8.20. The zero-order valence-corrected chi connectivity index (χ0v) is 17.8. The number of carbonyl (C=O) groups excluding carboxylic acids is 1. The van der Waals surface area contributed by atoms with Gasteiger partial charge in [-0.05, 0) is 18.2 Å². The Bertz CT molecular complexity index is 1410. The van der Waals surface area contributed by atoms with E-state index in [1.807, 2.05) is 30.3 Å². The highest BCUT2D eigenvalue weighted by molar-refractivity contribution is 6.04. The van der Waals surface area contributed by atoms with E-state index in [4.69, 9.17) is 15.5 Å². The van der Waals surface area contributed by atoms with Crippen molar-refractivity contribution in [1.29, 1.82) is 0 Å². The molecular formula is C24H23N5O3. The van der Waals surface area contributed by atoms with Gasteiger partial charge in [-0.3, -0.25) is 14.6 Å². The molecule has 0 saturated carbocycles. The molecule has 5 rings (SSSR count). The average molecular weight is 429 g/mol. The van der Waals surface area contributed by atoms with Crippen molar-refractivity contribution in [3.05, 3.63) is 64.6 Å². The van der Waals surface area contributed by atoms with Crippen molar-refractivity contribution < 1.29 is 9.53 Å². The van der Waals surface area contributed by atoms with E-state index in [0.717, 1.165) is 28.8 Å². The molecule has 1 aliphatic rings. The number of fused-ring (bicyclic) bond motifs is 2. The van der Waals surface area contributed by atoms with Crippen LogP contribution < -0.4 is 16.1 Å². The number of nitrogens with two attached hydrogens (primary N) is 1. The lowest BCUT2D eigenvalue weighted by Crippen LogP contribution is -2.24. The Morgan fingerprint density at radius 1 is 1.22 bits per heavy atom. The lowest BCUT2D eigenvalue weighted by molar-refractivity contribution is 0.0899. The van der Waals surface area contributed by atoms with Gasteiger partial charge in [-0.2, -0.15) is 0 Å². The minimum Gasteiger partial charge on any atom is -0.379 e. The van der Waals surface area contributed by atoms with E-state index in [2.05, 4.69) is 21.8 Å². The SMILES string of the molecule is COC1CN(c2nc3ccccc3cc2-c2cc(=O)c3c(C(N)=O)nccc3[nH]2)C[C@H]1C. The van der Waals surface area contributed by atoms with Gasteiger partial charge in [0.25, 0.3) is 5.91 Å². The summed E-state index contributed by atoms with van der Waals surface area (Å²) in [5.74, 6) is 0.397. The van der Waals surface area contributed by atoms with Crippen LogP contribution in [0.1, 0.15) is 17.4 Å². The molecule has 0 radical (unpaired) electrons. The van der Waals surface area contributed by atoms with Gasteiger partial charge in [-0.1, -0.05) is 25.1 Å². The van der Waals surface area contributed by atoms with Crippen molar-refractivity contribution in [2.24, 2.45) is 11.7 Å². The number of ether oxygens (including phenoxy) is 1. The monoisotopic (exact) mass is 429 g/mol. The lowest BCUT2D eigenvalue weighted by atomic mass is 10.1. The molecule has 3 N–H and O–H groups in total. The Labute approximate surface area is 184 Å². The number of hydrogen-bond donors (Lipinski definition) is 2. The first-order valence-electron chi connectivity index (χ1n) is 10.5. The van der Waals surface area contributed by atoms with Gasteiger partial charge in [-0.15, -0.1) is 0 Å². The van der Waals surface area contributed by atoms with Gasteiger partial charge in [0.2, 0.25) is 0 Å². The van der Waals surface area contributed by atoms with Crippen molar-refractivity contribution in [3.8, 4) is 11.3 Å². The fourth-order valence-electron chi connectivity index (χ4n) is 4.49. The van der Waals surface area contributed by atoms with Crippen LogP contribution >= 0.6 is 0 Å². The summed E-state index contributed by atoms with van der Waals surface area (Å²) in [6.45, 7) is 3.67. The van der Waals surface area contributed by atoms with Crippen molar-refractivity contribution in [2.45, 2.75) is 13.0 Å². The standard InChI is InChI=1S/C24H23N5O3/c1-13-11-29(12-20(13)32-2)24-15(9-14-5-3-4-6-16(14)28-24)18-10-19(30)21-17(27-18)7-8-26-22(21)23(25)31/h3-10,13,20H,11-12H2,1-2H3,(H2,25,31)(H,27,30)/t13-,20?/m1/s1. The summed E-state index contributed by atoms with van der Waals surface area (Å²) in [7, 11) is 1.73. The van der Waals surface area contributed by atoms with Gasteiger partial charge < -0.3 is 20.4 Å². The van der Waals surface area contributed by atoms with Crippen LogP contribution in [0.3, 0.4) is 0 Å². The number of para-hydroxylation sites is 1. The third-order valence-corrected chi connectivity index (χ3v) is 6.12. The van der Waals surface area contributed by atoms with Crippen LogP contribution in [0.4, 0.5) is 5.82 Å². The first kappa shape index (κ1) is 20.1.